The van der Waals surface area contributed by atoms with Crippen molar-refractivity contribution in [2.45, 2.75) is 19.3 Å². The standard InChI is InChI=1S/C25H24N4O3/c1-29(9-3-2-4-18-14-27-23-7-5-17(13-26)10-22(18)23)15-25(31)28-20-6-8-24-19(11-20)12-21(16-30)32-24/h5-8,10-12,14,16,27H,2-4,9,15H2,1H3,(H,28,31). The Morgan fingerprint density at radius 1 is 1.22 bits per heavy atom. The maximum atomic E-state index is 12.4. The number of nitrogens with zero attached hydrogens (tertiary/aromatic N) is 2. The lowest BCUT2D eigenvalue weighted by atomic mass is 10.1. The van der Waals surface area contributed by atoms with Crippen molar-refractivity contribution < 1.29 is 14.0 Å². The molecule has 2 aromatic heterocycles. The third-order valence-corrected chi connectivity index (χ3v) is 5.48. The molecule has 0 bridgehead atoms. The van der Waals surface area contributed by atoms with Crippen LogP contribution in [0.15, 0.2) is 53.1 Å². The Balaban J connectivity index is 1.23. The monoisotopic (exact) mass is 428 g/mol. The van der Waals surface area contributed by atoms with Crippen LogP contribution in [0.4, 0.5) is 5.69 Å². The number of furan rings is 1. The molecule has 0 spiro atoms. The van der Waals surface area contributed by atoms with Crippen LogP contribution in [0.25, 0.3) is 21.9 Å². The molecule has 0 saturated heterocycles. The van der Waals surface area contributed by atoms with Gasteiger partial charge in [0.05, 0.1) is 18.2 Å². The number of hydrogen-bond donors (Lipinski definition) is 2. The molecule has 0 fully saturated rings. The Bertz CT molecular complexity index is 1310. The van der Waals surface area contributed by atoms with Crippen LogP contribution >= 0.6 is 0 Å². The first-order valence-electron chi connectivity index (χ1n) is 10.5. The summed E-state index contributed by atoms with van der Waals surface area (Å²) in [5, 5.41) is 13.9. The van der Waals surface area contributed by atoms with E-state index in [0.29, 0.717) is 29.7 Å². The highest BCUT2D eigenvalue weighted by Gasteiger charge is 2.10. The number of nitrogens with one attached hydrogen (secondary N) is 2. The Morgan fingerprint density at radius 2 is 2.09 bits per heavy atom. The lowest BCUT2D eigenvalue weighted by molar-refractivity contribution is -0.117. The van der Waals surface area contributed by atoms with E-state index in [1.807, 2.05) is 36.3 Å². The number of benzene rings is 2. The zero-order valence-electron chi connectivity index (χ0n) is 17.9. The number of carbonyl (C=O) groups excluding carboxylic acids is 2. The summed E-state index contributed by atoms with van der Waals surface area (Å²) in [5.41, 5.74) is 4.21. The number of amides is 1. The van der Waals surface area contributed by atoms with Crippen molar-refractivity contribution in [3.8, 4) is 6.07 Å². The molecule has 4 rings (SSSR count). The van der Waals surface area contributed by atoms with Crippen molar-refractivity contribution in [3.63, 3.8) is 0 Å². The van der Waals surface area contributed by atoms with E-state index in [1.54, 1.807) is 24.3 Å². The van der Waals surface area contributed by atoms with E-state index < -0.39 is 0 Å². The fraction of sp³-hybridized carbons (Fsp3) is 0.240. The van der Waals surface area contributed by atoms with Crippen LogP contribution in [-0.4, -0.2) is 42.2 Å². The summed E-state index contributed by atoms with van der Waals surface area (Å²) >= 11 is 0. The highest BCUT2D eigenvalue weighted by atomic mass is 16.3. The van der Waals surface area contributed by atoms with Gasteiger partial charge in [-0.05, 0) is 80.9 Å². The van der Waals surface area contributed by atoms with Gasteiger partial charge in [0.1, 0.15) is 5.58 Å². The molecule has 1 amide bonds. The molecular weight excluding hydrogens is 404 g/mol. The van der Waals surface area contributed by atoms with E-state index in [2.05, 4.69) is 16.4 Å². The van der Waals surface area contributed by atoms with E-state index in [1.165, 1.54) is 5.56 Å². The van der Waals surface area contributed by atoms with E-state index in [4.69, 9.17) is 9.68 Å². The summed E-state index contributed by atoms with van der Waals surface area (Å²) in [6.45, 7) is 1.10. The molecule has 0 radical (unpaired) electrons. The minimum absolute atomic E-state index is 0.0911. The number of likely N-dealkylation sites (N-methyl/N-ethyl adjacent to an activating group) is 1. The number of carbonyl (C=O) groups is 2. The SMILES string of the molecule is CN(CCCCc1c[nH]c2ccc(C#N)cc12)CC(=O)Nc1ccc2oc(C=O)cc2c1. The van der Waals surface area contributed by atoms with E-state index in [-0.39, 0.29) is 11.7 Å². The number of aldehydes is 1. The van der Waals surface area contributed by atoms with Gasteiger partial charge in [-0.1, -0.05) is 0 Å². The smallest absolute Gasteiger partial charge is 0.238 e. The van der Waals surface area contributed by atoms with Crippen molar-refractivity contribution >= 4 is 39.8 Å². The topological polar surface area (TPSA) is 102 Å². The Kier molecular flexibility index (Phi) is 6.34. The van der Waals surface area contributed by atoms with Gasteiger partial charge in [0, 0.05) is 28.2 Å². The summed E-state index contributed by atoms with van der Waals surface area (Å²) in [7, 11) is 1.93. The van der Waals surface area contributed by atoms with Crippen LogP contribution < -0.4 is 5.32 Å². The molecule has 32 heavy (non-hydrogen) atoms. The molecule has 0 aliphatic heterocycles. The van der Waals surface area contributed by atoms with Crippen LogP contribution in [0.3, 0.4) is 0 Å². The number of aromatic amines is 1. The van der Waals surface area contributed by atoms with Crippen LogP contribution in [0.1, 0.15) is 34.5 Å². The minimum atomic E-state index is -0.0911. The minimum Gasteiger partial charge on any atom is -0.453 e. The molecular formula is C25H24N4O3. The number of fused-ring (bicyclic) bond motifs is 2. The molecule has 2 heterocycles. The molecule has 7 nitrogen and oxygen atoms in total. The van der Waals surface area contributed by atoms with Crippen molar-refractivity contribution in [2.24, 2.45) is 0 Å². The molecule has 162 valence electrons. The molecule has 0 unspecified atom stereocenters. The number of nitriles is 1. The lowest BCUT2D eigenvalue weighted by Crippen LogP contribution is -2.30. The third kappa shape index (κ3) is 4.88. The average molecular weight is 428 g/mol. The van der Waals surface area contributed by atoms with Crippen molar-refractivity contribution in [1.82, 2.24) is 9.88 Å². The predicted molar refractivity (Wildman–Crippen MR) is 124 cm³/mol. The average Bonchev–Trinajstić information content (AvgIpc) is 3.39. The van der Waals surface area contributed by atoms with Crippen LogP contribution in [-0.2, 0) is 11.2 Å². The molecule has 0 aliphatic rings. The fourth-order valence-corrected chi connectivity index (χ4v) is 3.88. The van der Waals surface area contributed by atoms with E-state index >= 15 is 0 Å². The summed E-state index contributed by atoms with van der Waals surface area (Å²) in [5.74, 6) is 0.174. The molecule has 0 aliphatic carbocycles. The first kappa shape index (κ1) is 21.3. The third-order valence-electron chi connectivity index (χ3n) is 5.48. The van der Waals surface area contributed by atoms with Gasteiger partial charge in [0.25, 0.3) is 0 Å². The zero-order chi connectivity index (χ0) is 22.5. The molecule has 2 N–H and O–H groups in total. The van der Waals surface area contributed by atoms with E-state index in [9.17, 15) is 9.59 Å². The summed E-state index contributed by atoms with van der Waals surface area (Å²) in [4.78, 5) is 28.5. The number of H-pyrrole nitrogens is 1. The van der Waals surface area contributed by atoms with Gasteiger partial charge in [-0.25, -0.2) is 0 Å². The van der Waals surface area contributed by atoms with Gasteiger partial charge < -0.3 is 14.7 Å². The molecule has 7 heteroatoms. The lowest BCUT2D eigenvalue weighted by Gasteiger charge is -2.16. The van der Waals surface area contributed by atoms with Gasteiger partial charge in [0.15, 0.2) is 12.0 Å². The second-order valence-corrected chi connectivity index (χ2v) is 7.95. The summed E-state index contributed by atoms with van der Waals surface area (Å²) in [6.07, 6.45) is 5.55. The quantitative estimate of drug-likeness (QED) is 0.302. The van der Waals surface area contributed by atoms with Crippen LogP contribution in [0, 0.1) is 11.3 Å². The number of rotatable bonds is 9. The zero-order valence-corrected chi connectivity index (χ0v) is 17.9. The first-order valence-corrected chi connectivity index (χ1v) is 10.5. The molecule has 4 aromatic rings. The number of unbranched alkanes of at least 4 members (excludes halogenated alkanes) is 1. The predicted octanol–water partition coefficient (Wildman–Crippen LogP) is 4.49. The highest BCUT2D eigenvalue weighted by molar-refractivity contribution is 5.95. The van der Waals surface area contributed by atoms with E-state index in [0.717, 1.165) is 42.1 Å². The second-order valence-electron chi connectivity index (χ2n) is 7.95. The normalized spacial score (nSPS) is 11.2. The maximum absolute atomic E-state index is 12.4. The first-order chi connectivity index (χ1) is 15.6. The van der Waals surface area contributed by atoms with Gasteiger partial charge >= 0.3 is 0 Å². The number of aromatic nitrogens is 1. The highest BCUT2D eigenvalue weighted by Crippen LogP contribution is 2.23. The second kappa shape index (κ2) is 9.50. The van der Waals surface area contributed by atoms with Crippen molar-refractivity contribution in [2.75, 3.05) is 25.5 Å². The summed E-state index contributed by atoms with van der Waals surface area (Å²) < 4.78 is 5.35. The largest absolute Gasteiger partial charge is 0.453 e. The number of hydrogen-bond acceptors (Lipinski definition) is 5. The van der Waals surface area contributed by atoms with Gasteiger partial charge in [-0.3, -0.25) is 14.5 Å². The Hall–Kier alpha value is -3.89. The fourth-order valence-electron chi connectivity index (χ4n) is 3.88. The number of anilines is 1. The van der Waals surface area contributed by atoms with Crippen LogP contribution in [0.5, 0.6) is 0 Å². The summed E-state index contributed by atoms with van der Waals surface area (Å²) in [6, 6.07) is 14.8. The van der Waals surface area contributed by atoms with Gasteiger partial charge in [-0.15, -0.1) is 0 Å². The molecule has 0 atom stereocenters. The molecule has 2 aromatic carbocycles. The Morgan fingerprint density at radius 3 is 2.91 bits per heavy atom. The van der Waals surface area contributed by atoms with Gasteiger partial charge in [0.2, 0.25) is 5.91 Å². The van der Waals surface area contributed by atoms with Gasteiger partial charge in [-0.2, -0.15) is 5.26 Å². The van der Waals surface area contributed by atoms with Crippen LogP contribution in [0.2, 0.25) is 0 Å². The Labute approximate surface area is 185 Å². The number of aryl methyl sites for hydroxylation is 1. The molecule has 0 saturated carbocycles. The van der Waals surface area contributed by atoms with Crippen molar-refractivity contribution in [3.05, 3.63) is 65.5 Å². The maximum Gasteiger partial charge on any atom is 0.238 e. The van der Waals surface area contributed by atoms with Crippen molar-refractivity contribution in [1.29, 1.82) is 5.26 Å².